The predicted octanol–water partition coefficient (Wildman–Crippen LogP) is 2.67. The number of hydrogen-bond donors (Lipinski definition) is 1. The summed E-state index contributed by atoms with van der Waals surface area (Å²) >= 11 is 4.68. The molecular weight excluding hydrogens is 276 g/mol. The summed E-state index contributed by atoms with van der Waals surface area (Å²) in [4.78, 5) is 15.0. The Balaban J connectivity index is 2.46. The van der Waals surface area contributed by atoms with E-state index in [4.69, 9.17) is 5.73 Å². The molecule has 1 aromatic heterocycles. The second-order valence-electron chi connectivity index (χ2n) is 2.88. The zero-order valence-corrected chi connectivity index (χ0v) is 10.0. The third-order valence-corrected chi connectivity index (χ3v) is 3.41. The molecule has 0 aliphatic carbocycles. The van der Waals surface area contributed by atoms with Gasteiger partial charge in [-0.15, -0.1) is 11.3 Å². The maximum Gasteiger partial charge on any atom is 0.277 e. The summed E-state index contributed by atoms with van der Waals surface area (Å²) in [5.74, 6) is -0.488. The third-order valence-electron chi connectivity index (χ3n) is 1.86. The van der Waals surface area contributed by atoms with Crippen LogP contribution in [0.15, 0.2) is 34.1 Å². The molecule has 0 bridgehead atoms. The highest BCUT2D eigenvalue weighted by molar-refractivity contribution is 9.10. The first-order valence-corrected chi connectivity index (χ1v) is 5.86. The zero-order valence-electron chi connectivity index (χ0n) is 7.61. The summed E-state index contributed by atoms with van der Waals surface area (Å²) in [7, 11) is 0. The summed E-state index contributed by atoms with van der Waals surface area (Å²) in [6.07, 6.45) is 0. The highest BCUT2D eigenvalue weighted by Gasteiger charge is 2.10. The van der Waals surface area contributed by atoms with E-state index in [9.17, 15) is 4.79 Å². The van der Waals surface area contributed by atoms with Gasteiger partial charge in [0.15, 0.2) is 5.01 Å². The van der Waals surface area contributed by atoms with Gasteiger partial charge in [-0.25, -0.2) is 4.98 Å². The summed E-state index contributed by atoms with van der Waals surface area (Å²) < 4.78 is 0.950. The number of carbonyl (C=O) groups excluding carboxylic acids is 1. The van der Waals surface area contributed by atoms with Gasteiger partial charge < -0.3 is 5.73 Å². The minimum atomic E-state index is -0.488. The van der Waals surface area contributed by atoms with Crippen molar-refractivity contribution >= 4 is 33.2 Å². The molecule has 0 aliphatic heterocycles. The predicted molar refractivity (Wildman–Crippen MR) is 63.8 cm³/mol. The van der Waals surface area contributed by atoms with E-state index in [1.807, 2.05) is 29.6 Å². The fourth-order valence-electron chi connectivity index (χ4n) is 1.18. The maximum atomic E-state index is 10.9. The van der Waals surface area contributed by atoms with E-state index in [0.717, 1.165) is 15.7 Å². The first-order chi connectivity index (χ1) is 7.18. The van der Waals surface area contributed by atoms with Gasteiger partial charge in [-0.3, -0.25) is 4.79 Å². The van der Waals surface area contributed by atoms with Crippen molar-refractivity contribution < 1.29 is 4.79 Å². The van der Waals surface area contributed by atoms with Crippen LogP contribution in [-0.2, 0) is 0 Å². The van der Waals surface area contributed by atoms with Crippen LogP contribution < -0.4 is 5.73 Å². The van der Waals surface area contributed by atoms with E-state index in [-0.39, 0.29) is 0 Å². The van der Waals surface area contributed by atoms with Gasteiger partial charge in [0, 0.05) is 15.4 Å². The molecule has 1 amide bonds. The number of hydrogen-bond acceptors (Lipinski definition) is 3. The Morgan fingerprint density at radius 1 is 1.40 bits per heavy atom. The molecule has 0 saturated heterocycles. The van der Waals surface area contributed by atoms with Crippen molar-refractivity contribution in [3.8, 4) is 11.3 Å². The summed E-state index contributed by atoms with van der Waals surface area (Å²) in [5, 5.41) is 2.15. The monoisotopic (exact) mass is 282 g/mol. The Morgan fingerprint density at radius 3 is 2.73 bits per heavy atom. The Labute approximate surface area is 99.1 Å². The molecule has 76 valence electrons. The number of thiazole rings is 1. The standard InChI is InChI=1S/C10H7BrN2OS/c11-7-4-2-1-3-6(7)8-5-15-10(13-8)9(12)14/h1-5H,(H2,12,14). The summed E-state index contributed by atoms with van der Waals surface area (Å²) in [5.41, 5.74) is 6.87. The van der Waals surface area contributed by atoms with Crippen LogP contribution in [0.4, 0.5) is 0 Å². The van der Waals surface area contributed by atoms with Crippen LogP contribution in [0.25, 0.3) is 11.3 Å². The first-order valence-electron chi connectivity index (χ1n) is 4.18. The summed E-state index contributed by atoms with van der Waals surface area (Å²) in [6.45, 7) is 0. The van der Waals surface area contributed by atoms with E-state index in [1.165, 1.54) is 11.3 Å². The molecule has 0 radical (unpaired) electrons. The lowest BCUT2D eigenvalue weighted by molar-refractivity contribution is 0.1000. The number of benzene rings is 1. The quantitative estimate of drug-likeness (QED) is 0.921. The maximum absolute atomic E-state index is 10.9. The number of rotatable bonds is 2. The normalized spacial score (nSPS) is 10.2. The average Bonchev–Trinajstić information content (AvgIpc) is 2.67. The fourth-order valence-corrected chi connectivity index (χ4v) is 2.34. The number of carbonyl (C=O) groups is 1. The Morgan fingerprint density at radius 2 is 2.13 bits per heavy atom. The van der Waals surface area contributed by atoms with E-state index >= 15 is 0 Å². The number of amides is 1. The molecule has 0 aliphatic rings. The van der Waals surface area contributed by atoms with Gasteiger partial charge in [0.2, 0.25) is 0 Å². The first kappa shape index (κ1) is 10.3. The topological polar surface area (TPSA) is 56.0 Å². The zero-order chi connectivity index (χ0) is 10.8. The second-order valence-corrected chi connectivity index (χ2v) is 4.59. The molecule has 3 nitrogen and oxygen atoms in total. The molecule has 5 heteroatoms. The second kappa shape index (κ2) is 4.12. The lowest BCUT2D eigenvalue weighted by Gasteiger charge is -1.98. The number of nitrogens with two attached hydrogens (primary N) is 1. The minimum Gasteiger partial charge on any atom is -0.364 e. The van der Waals surface area contributed by atoms with Crippen LogP contribution in [0, 0.1) is 0 Å². The smallest absolute Gasteiger partial charge is 0.277 e. The molecule has 0 spiro atoms. The molecule has 0 saturated carbocycles. The van der Waals surface area contributed by atoms with Gasteiger partial charge >= 0.3 is 0 Å². The van der Waals surface area contributed by atoms with Crippen LogP contribution in [0.3, 0.4) is 0 Å². The van der Waals surface area contributed by atoms with Gasteiger partial charge in [-0.05, 0) is 6.07 Å². The molecule has 1 heterocycles. The van der Waals surface area contributed by atoms with Crippen molar-refractivity contribution in [2.45, 2.75) is 0 Å². The average molecular weight is 283 g/mol. The largest absolute Gasteiger partial charge is 0.364 e. The van der Waals surface area contributed by atoms with Crippen molar-refractivity contribution in [3.05, 3.63) is 39.1 Å². The van der Waals surface area contributed by atoms with Gasteiger partial charge in [-0.2, -0.15) is 0 Å². The molecular formula is C10H7BrN2OS. The molecule has 15 heavy (non-hydrogen) atoms. The Kier molecular flexibility index (Phi) is 2.83. The molecule has 1 aromatic carbocycles. The molecule has 2 aromatic rings. The van der Waals surface area contributed by atoms with E-state index in [1.54, 1.807) is 0 Å². The number of aromatic nitrogens is 1. The summed E-state index contributed by atoms with van der Waals surface area (Å²) in [6, 6.07) is 7.71. The van der Waals surface area contributed by atoms with Crippen molar-refractivity contribution in [1.82, 2.24) is 4.98 Å². The molecule has 2 N–H and O–H groups in total. The molecule has 0 unspecified atom stereocenters. The van der Waals surface area contributed by atoms with E-state index < -0.39 is 5.91 Å². The number of halogens is 1. The van der Waals surface area contributed by atoms with E-state index in [2.05, 4.69) is 20.9 Å². The van der Waals surface area contributed by atoms with Gasteiger partial charge in [0.1, 0.15) is 0 Å². The van der Waals surface area contributed by atoms with Gasteiger partial charge in [0.05, 0.1) is 5.69 Å². The fraction of sp³-hybridized carbons (Fsp3) is 0. The van der Waals surface area contributed by atoms with Crippen LogP contribution in [0.5, 0.6) is 0 Å². The molecule has 0 atom stereocenters. The van der Waals surface area contributed by atoms with Crippen LogP contribution >= 0.6 is 27.3 Å². The number of primary amides is 1. The van der Waals surface area contributed by atoms with Crippen LogP contribution in [0.1, 0.15) is 9.80 Å². The third kappa shape index (κ3) is 2.08. The number of nitrogens with zero attached hydrogens (tertiary/aromatic N) is 1. The van der Waals surface area contributed by atoms with Gasteiger partial charge in [-0.1, -0.05) is 34.1 Å². The SMILES string of the molecule is NC(=O)c1nc(-c2ccccc2Br)cs1. The lowest BCUT2D eigenvalue weighted by atomic mass is 10.2. The Hall–Kier alpha value is -1.20. The van der Waals surface area contributed by atoms with E-state index in [0.29, 0.717) is 5.01 Å². The van der Waals surface area contributed by atoms with Crippen molar-refractivity contribution in [2.75, 3.05) is 0 Å². The molecule has 2 rings (SSSR count). The van der Waals surface area contributed by atoms with Crippen molar-refractivity contribution in [1.29, 1.82) is 0 Å². The van der Waals surface area contributed by atoms with Gasteiger partial charge in [0.25, 0.3) is 5.91 Å². The lowest BCUT2D eigenvalue weighted by Crippen LogP contribution is -2.10. The van der Waals surface area contributed by atoms with Crippen molar-refractivity contribution in [3.63, 3.8) is 0 Å². The van der Waals surface area contributed by atoms with Crippen LogP contribution in [-0.4, -0.2) is 10.9 Å². The van der Waals surface area contributed by atoms with Crippen LogP contribution in [0.2, 0.25) is 0 Å². The Bertz CT molecular complexity index is 510. The van der Waals surface area contributed by atoms with Crippen molar-refractivity contribution in [2.24, 2.45) is 5.73 Å². The highest BCUT2D eigenvalue weighted by Crippen LogP contribution is 2.28. The minimum absolute atomic E-state index is 0.334. The molecule has 0 fully saturated rings. The highest BCUT2D eigenvalue weighted by atomic mass is 79.9.